The van der Waals surface area contributed by atoms with Crippen LogP contribution >= 0.6 is 24.4 Å². The second-order valence-electron chi connectivity index (χ2n) is 3.10. The van der Waals surface area contributed by atoms with Gasteiger partial charge >= 0.3 is 0 Å². The van der Waals surface area contributed by atoms with Crippen molar-refractivity contribution in [3.63, 3.8) is 0 Å². The molecule has 0 heterocycles. The molecule has 0 aliphatic carbocycles. The van der Waals surface area contributed by atoms with Crippen LogP contribution in [0, 0.1) is 0 Å². The Morgan fingerprint density at radius 1 is 1.33 bits per heavy atom. The highest BCUT2D eigenvalue weighted by molar-refractivity contribution is 8.13. The molecule has 0 saturated heterocycles. The molecular weight excluding hydrogens is 228 g/mol. The fourth-order valence-electron chi connectivity index (χ4n) is 1.20. The molecule has 0 fully saturated rings. The van der Waals surface area contributed by atoms with Crippen LogP contribution in [-0.4, -0.2) is 16.0 Å². The number of thiol groups is 1. The third-order valence-electron chi connectivity index (χ3n) is 1.95. The summed E-state index contributed by atoms with van der Waals surface area (Å²) in [6.45, 7) is 1.50. The van der Waals surface area contributed by atoms with Gasteiger partial charge in [-0.2, -0.15) is 0 Å². The molecule has 1 atom stereocenters. The monoisotopic (exact) mass is 240 g/mol. The highest BCUT2D eigenvalue weighted by Gasteiger charge is 2.17. The van der Waals surface area contributed by atoms with Gasteiger partial charge in [0.2, 0.25) is 0 Å². The Morgan fingerprint density at radius 2 is 1.93 bits per heavy atom. The maximum Gasteiger partial charge on any atom is 0.194 e. The number of hydrogen-bond acceptors (Lipinski definition) is 3. The molecule has 1 unspecified atom stereocenters. The van der Waals surface area contributed by atoms with Gasteiger partial charge in [0.25, 0.3) is 0 Å². The maximum atomic E-state index is 11.3. The molecular formula is C11H12O2S2. The molecule has 0 amide bonds. The zero-order chi connectivity index (χ0) is 11.3. The Hall–Kier alpha value is -0.740. The highest BCUT2D eigenvalue weighted by atomic mass is 32.2. The van der Waals surface area contributed by atoms with E-state index < -0.39 is 0 Å². The fraction of sp³-hybridized carbons (Fsp3) is 0.273. The first-order chi connectivity index (χ1) is 7.11. The predicted octanol–water partition coefficient (Wildman–Crippen LogP) is 2.51. The van der Waals surface area contributed by atoms with Gasteiger partial charge in [-0.1, -0.05) is 42.1 Å². The Balaban J connectivity index is 2.75. The molecule has 0 aromatic heterocycles. The Bertz CT molecular complexity index is 349. The lowest BCUT2D eigenvalue weighted by Crippen LogP contribution is -2.10. The minimum atomic E-state index is -0.302. The summed E-state index contributed by atoms with van der Waals surface area (Å²) in [4.78, 5) is 22.1. The average Bonchev–Trinajstić information content (AvgIpc) is 2.18. The Morgan fingerprint density at radius 3 is 2.40 bits per heavy atom. The minimum Gasteiger partial charge on any atom is -0.288 e. The molecule has 15 heavy (non-hydrogen) atoms. The highest BCUT2D eigenvalue weighted by Crippen LogP contribution is 2.23. The van der Waals surface area contributed by atoms with Gasteiger partial charge < -0.3 is 0 Å². The fourth-order valence-corrected chi connectivity index (χ4v) is 2.31. The van der Waals surface area contributed by atoms with Gasteiger partial charge in [0.1, 0.15) is 0 Å². The van der Waals surface area contributed by atoms with Crippen molar-refractivity contribution in [3.8, 4) is 0 Å². The molecule has 0 N–H and O–H groups in total. The van der Waals surface area contributed by atoms with E-state index in [9.17, 15) is 9.59 Å². The molecule has 80 valence electrons. The molecule has 0 aliphatic rings. The summed E-state index contributed by atoms with van der Waals surface area (Å²) in [5.74, 6) is 0.158. The van der Waals surface area contributed by atoms with E-state index in [1.807, 2.05) is 30.3 Å². The predicted molar refractivity (Wildman–Crippen MR) is 66.3 cm³/mol. The smallest absolute Gasteiger partial charge is 0.194 e. The van der Waals surface area contributed by atoms with Crippen molar-refractivity contribution in [2.75, 3.05) is 5.75 Å². The summed E-state index contributed by atoms with van der Waals surface area (Å²) in [6.07, 6.45) is 0. The summed E-state index contributed by atoms with van der Waals surface area (Å²) >= 11 is 5.00. The van der Waals surface area contributed by atoms with Crippen LogP contribution in [0.4, 0.5) is 0 Å². The van der Waals surface area contributed by atoms with E-state index in [1.165, 1.54) is 6.92 Å². The van der Waals surface area contributed by atoms with Crippen LogP contribution in [0.5, 0.6) is 0 Å². The van der Waals surface area contributed by atoms with E-state index >= 15 is 0 Å². The van der Waals surface area contributed by atoms with Gasteiger partial charge in [-0.15, -0.1) is 12.6 Å². The van der Waals surface area contributed by atoms with E-state index in [4.69, 9.17) is 0 Å². The van der Waals surface area contributed by atoms with Crippen LogP contribution in [0.25, 0.3) is 0 Å². The van der Waals surface area contributed by atoms with Crippen molar-refractivity contribution < 1.29 is 9.59 Å². The van der Waals surface area contributed by atoms with Crippen molar-refractivity contribution >= 4 is 34.6 Å². The first kappa shape index (κ1) is 12.3. The lowest BCUT2D eigenvalue weighted by atomic mass is 10.0. The van der Waals surface area contributed by atoms with Crippen LogP contribution in [0.1, 0.15) is 18.4 Å². The quantitative estimate of drug-likeness (QED) is 0.821. The van der Waals surface area contributed by atoms with Crippen LogP contribution in [0.15, 0.2) is 30.3 Å². The van der Waals surface area contributed by atoms with Gasteiger partial charge in [-0.3, -0.25) is 9.59 Å². The zero-order valence-electron chi connectivity index (χ0n) is 8.34. The normalized spacial score (nSPS) is 12.1. The number of hydrogen-bond donors (Lipinski definition) is 1. The van der Waals surface area contributed by atoms with Crippen LogP contribution < -0.4 is 0 Å². The van der Waals surface area contributed by atoms with Gasteiger partial charge in [0.05, 0.1) is 5.92 Å². The van der Waals surface area contributed by atoms with E-state index in [0.29, 0.717) is 5.75 Å². The maximum absolute atomic E-state index is 11.3. The molecule has 1 aromatic rings. The van der Waals surface area contributed by atoms with Gasteiger partial charge in [-0.05, 0) is 5.56 Å². The van der Waals surface area contributed by atoms with Crippen molar-refractivity contribution in [2.45, 2.75) is 12.8 Å². The summed E-state index contributed by atoms with van der Waals surface area (Å²) in [6, 6.07) is 9.38. The molecule has 1 rings (SSSR count). The van der Waals surface area contributed by atoms with E-state index in [2.05, 4.69) is 12.6 Å². The third-order valence-corrected chi connectivity index (χ3v) is 3.17. The minimum absolute atomic E-state index is 0.0190. The number of carbonyl (C=O) groups excluding carboxylic acids is 2. The number of carbonyl (C=O) groups is 2. The average molecular weight is 240 g/mol. The van der Waals surface area contributed by atoms with Crippen LogP contribution in [0.2, 0.25) is 0 Å². The molecule has 4 heteroatoms. The lowest BCUT2D eigenvalue weighted by molar-refractivity contribution is -0.111. The third kappa shape index (κ3) is 4.10. The van der Waals surface area contributed by atoms with Gasteiger partial charge in [-0.25, -0.2) is 0 Å². The Labute approximate surface area is 98.9 Å². The summed E-state index contributed by atoms with van der Waals surface area (Å²) in [5.41, 5.74) is 0.909. The zero-order valence-corrected chi connectivity index (χ0v) is 10.1. The second kappa shape index (κ2) is 5.98. The van der Waals surface area contributed by atoms with Crippen LogP contribution in [0.3, 0.4) is 0 Å². The lowest BCUT2D eigenvalue weighted by Gasteiger charge is -2.11. The van der Waals surface area contributed by atoms with E-state index in [0.717, 1.165) is 17.3 Å². The standard InChI is InChI=1S/C11H12O2S2/c1-8(12)15-7-10(11(13)14)9-5-3-2-4-6-9/h2-6,10H,7H2,1H3,(H,13,14). The molecule has 1 aromatic carbocycles. The topological polar surface area (TPSA) is 34.1 Å². The van der Waals surface area contributed by atoms with Crippen molar-refractivity contribution in [2.24, 2.45) is 0 Å². The number of thioether (sulfide) groups is 1. The largest absolute Gasteiger partial charge is 0.288 e. The SMILES string of the molecule is CC(=O)SCC(C(=O)S)c1ccccc1. The van der Waals surface area contributed by atoms with Gasteiger partial charge in [0.15, 0.2) is 10.2 Å². The first-order valence-corrected chi connectivity index (χ1v) is 5.95. The van der Waals surface area contributed by atoms with Crippen molar-refractivity contribution in [1.29, 1.82) is 0 Å². The van der Waals surface area contributed by atoms with E-state index in [-0.39, 0.29) is 16.1 Å². The van der Waals surface area contributed by atoms with Crippen molar-refractivity contribution in [1.82, 2.24) is 0 Å². The summed E-state index contributed by atoms with van der Waals surface area (Å²) in [7, 11) is 0. The molecule has 0 bridgehead atoms. The second-order valence-corrected chi connectivity index (χ2v) is 4.74. The molecule has 0 radical (unpaired) electrons. The Kier molecular flexibility index (Phi) is 4.91. The molecule has 2 nitrogen and oxygen atoms in total. The molecule has 0 aliphatic heterocycles. The summed E-state index contributed by atoms with van der Waals surface area (Å²) < 4.78 is 0. The summed E-state index contributed by atoms with van der Waals surface area (Å²) in [5, 5.41) is -0.180. The first-order valence-electron chi connectivity index (χ1n) is 4.52. The molecule has 0 spiro atoms. The van der Waals surface area contributed by atoms with E-state index in [1.54, 1.807) is 0 Å². The number of rotatable bonds is 4. The van der Waals surface area contributed by atoms with Gasteiger partial charge in [0, 0.05) is 12.7 Å². The van der Waals surface area contributed by atoms with Crippen LogP contribution in [-0.2, 0) is 9.59 Å². The molecule has 0 saturated carbocycles. The van der Waals surface area contributed by atoms with Crippen molar-refractivity contribution in [3.05, 3.63) is 35.9 Å². The number of benzene rings is 1.